The Morgan fingerprint density at radius 3 is 2.54 bits per heavy atom. The lowest BCUT2D eigenvalue weighted by molar-refractivity contribution is -0.137. The molecular weight excluding hydrogens is 336 g/mol. The zero-order chi connectivity index (χ0) is 19.1. The highest BCUT2D eigenvalue weighted by molar-refractivity contribution is 5.88. The van der Waals surface area contributed by atoms with E-state index in [1.54, 1.807) is 24.1 Å². The average Bonchev–Trinajstić information content (AvgIpc) is 2.62. The van der Waals surface area contributed by atoms with Crippen LogP contribution in [0.25, 0.3) is 0 Å². The molecule has 1 heterocycles. The highest BCUT2D eigenvalue weighted by Crippen LogP contribution is 2.23. The number of carboxylic acid groups (broad SMARTS) is 1. The zero-order valence-electron chi connectivity index (χ0n) is 15.2. The summed E-state index contributed by atoms with van der Waals surface area (Å²) in [6.07, 6.45) is 1.74. The second-order valence-corrected chi connectivity index (χ2v) is 6.63. The summed E-state index contributed by atoms with van der Waals surface area (Å²) in [5, 5.41) is 11.8. The van der Waals surface area contributed by atoms with Crippen molar-refractivity contribution in [3.05, 3.63) is 35.4 Å². The number of hydrogen-bond donors (Lipinski definition) is 2. The van der Waals surface area contributed by atoms with Crippen LogP contribution in [0.15, 0.2) is 24.3 Å². The fraction of sp³-hybridized carbons (Fsp3) is 0.526. The molecule has 7 nitrogen and oxygen atoms in total. The first-order valence-corrected chi connectivity index (χ1v) is 8.80. The molecule has 26 heavy (non-hydrogen) atoms. The number of nitrogens with one attached hydrogen (secondary N) is 1. The number of nitrogens with zero attached hydrogens (tertiary/aromatic N) is 1. The molecule has 0 saturated carbocycles. The van der Waals surface area contributed by atoms with E-state index < -0.39 is 5.97 Å². The van der Waals surface area contributed by atoms with Gasteiger partial charge in [0, 0.05) is 26.2 Å². The number of carbonyl (C=O) groups is 3. The normalized spacial score (nSPS) is 19.8. The number of ether oxygens (including phenoxy) is 1. The summed E-state index contributed by atoms with van der Waals surface area (Å²) in [5.41, 5.74) is 0.958. The van der Waals surface area contributed by atoms with Crippen molar-refractivity contribution in [1.82, 2.24) is 10.2 Å². The molecule has 1 saturated heterocycles. The van der Waals surface area contributed by atoms with E-state index in [-0.39, 0.29) is 35.8 Å². The zero-order valence-corrected chi connectivity index (χ0v) is 15.2. The van der Waals surface area contributed by atoms with Gasteiger partial charge in [-0.05, 0) is 37.5 Å². The van der Waals surface area contributed by atoms with Crippen LogP contribution in [-0.4, -0.2) is 60.6 Å². The Morgan fingerprint density at radius 2 is 1.92 bits per heavy atom. The van der Waals surface area contributed by atoms with Crippen molar-refractivity contribution in [2.75, 3.05) is 26.8 Å². The van der Waals surface area contributed by atoms with E-state index in [0.717, 1.165) is 18.4 Å². The number of amides is 2. The molecule has 1 aromatic carbocycles. The van der Waals surface area contributed by atoms with Crippen LogP contribution in [0.2, 0.25) is 0 Å². The second-order valence-electron chi connectivity index (χ2n) is 6.63. The third kappa shape index (κ3) is 5.29. The average molecular weight is 362 g/mol. The quantitative estimate of drug-likeness (QED) is 0.713. The molecule has 2 atom stereocenters. The first kappa shape index (κ1) is 19.9. The molecule has 0 aliphatic carbocycles. The molecule has 2 unspecified atom stereocenters. The lowest BCUT2D eigenvalue weighted by atomic mass is 9.92. The lowest BCUT2D eigenvalue weighted by Crippen LogP contribution is -2.50. The van der Waals surface area contributed by atoms with Gasteiger partial charge in [-0.1, -0.05) is 12.1 Å². The minimum atomic E-state index is -0.991. The molecule has 0 bridgehead atoms. The maximum Gasteiger partial charge on any atom is 0.335 e. The minimum absolute atomic E-state index is 0.0439. The van der Waals surface area contributed by atoms with E-state index in [0.29, 0.717) is 19.7 Å². The van der Waals surface area contributed by atoms with Gasteiger partial charge in [0.1, 0.15) is 0 Å². The van der Waals surface area contributed by atoms with Gasteiger partial charge < -0.3 is 20.1 Å². The van der Waals surface area contributed by atoms with Crippen molar-refractivity contribution in [3.63, 3.8) is 0 Å². The summed E-state index contributed by atoms with van der Waals surface area (Å²) in [7, 11) is 1.58. The number of carbonyl (C=O) groups excluding carboxylic acids is 2. The topological polar surface area (TPSA) is 95.9 Å². The summed E-state index contributed by atoms with van der Waals surface area (Å²) < 4.78 is 4.93. The first-order valence-electron chi connectivity index (χ1n) is 8.80. The van der Waals surface area contributed by atoms with E-state index >= 15 is 0 Å². The first-order chi connectivity index (χ1) is 12.4. The summed E-state index contributed by atoms with van der Waals surface area (Å²) >= 11 is 0. The minimum Gasteiger partial charge on any atom is -0.478 e. The fourth-order valence-electron chi connectivity index (χ4n) is 3.13. The van der Waals surface area contributed by atoms with Crippen molar-refractivity contribution in [2.45, 2.75) is 32.2 Å². The van der Waals surface area contributed by atoms with Crippen LogP contribution in [0.5, 0.6) is 0 Å². The molecule has 142 valence electrons. The maximum absolute atomic E-state index is 12.7. The van der Waals surface area contributed by atoms with Crippen molar-refractivity contribution in [2.24, 2.45) is 5.92 Å². The molecule has 1 fully saturated rings. The van der Waals surface area contributed by atoms with E-state index in [1.807, 2.05) is 6.92 Å². The van der Waals surface area contributed by atoms with Gasteiger partial charge in [-0.25, -0.2) is 4.79 Å². The smallest absolute Gasteiger partial charge is 0.335 e. The molecule has 0 radical (unpaired) electrons. The van der Waals surface area contributed by atoms with E-state index in [9.17, 15) is 14.4 Å². The van der Waals surface area contributed by atoms with Gasteiger partial charge in [0.15, 0.2) is 0 Å². The molecule has 0 aromatic heterocycles. The Balaban J connectivity index is 1.95. The van der Waals surface area contributed by atoms with Crippen molar-refractivity contribution < 1.29 is 24.2 Å². The maximum atomic E-state index is 12.7. The Kier molecular flexibility index (Phi) is 7.15. The monoisotopic (exact) mass is 362 g/mol. The van der Waals surface area contributed by atoms with Gasteiger partial charge >= 0.3 is 5.97 Å². The Morgan fingerprint density at radius 1 is 1.23 bits per heavy atom. The summed E-state index contributed by atoms with van der Waals surface area (Å²) in [5.74, 6) is -1.29. The van der Waals surface area contributed by atoms with Crippen LogP contribution in [0.4, 0.5) is 0 Å². The largest absolute Gasteiger partial charge is 0.478 e. The van der Waals surface area contributed by atoms with Crippen LogP contribution in [0.1, 0.15) is 35.7 Å². The number of aromatic carboxylic acids is 1. The number of methoxy groups -OCH3 is 1. The SMILES string of the molecule is COCCNC(=O)C1CCC(C)N(C(=O)Cc2ccc(C(=O)O)cc2)C1. The fourth-order valence-corrected chi connectivity index (χ4v) is 3.13. The predicted octanol–water partition coefficient (Wildman–Crippen LogP) is 1.32. The Labute approximate surface area is 153 Å². The molecule has 1 aromatic rings. The predicted molar refractivity (Wildman–Crippen MR) is 95.9 cm³/mol. The molecule has 0 spiro atoms. The molecule has 1 aliphatic rings. The number of benzene rings is 1. The highest BCUT2D eigenvalue weighted by Gasteiger charge is 2.32. The van der Waals surface area contributed by atoms with Gasteiger partial charge in [0.2, 0.25) is 11.8 Å². The van der Waals surface area contributed by atoms with Gasteiger partial charge in [-0.3, -0.25) is 9.59 Å². The molecule has 2 amide bonds. The number of likely N-dealkylation sites (tertiary alicyclic amines) is 1. The third-order valence-corrected chi connectivity index (χ3v) is 4.73. The van der Waals surface area contributed by atoms with Gasteiger partial charge in [-0.15, -0.1) is 0 Å². The van der Waals surface area contributed by atoms with Crippen molar-refractivity contribution in [3.8, 4) is 0 Å². The van der Waals surface area contributed by atoms with Gasteiger partial charge in [0.25, 0.3) is 0 Å². The summed E-state index contributed by atoms with van der Waals surface area (Å²) in [6.45, 7) is 3.33. The molecule has 2 rings (SSSR count). The Hall–Kier alpha value is -2.41. The van der Waals surface area contributed by atoms with Gasteiger partial charge in [-0.2, -0.15) is 0 Å². The Bertz CT molecular complexity index is 644. The van der Waals surface area contributed by atoms with E-state index in [1.165, 1.54) is 12.1 Å². The van der Waals surface area contributed by atoms with Crippen molar-refractivity contribution in [1.29, 1.82) is 0 Å². The highest BCUT2D eigenvalue weighted by atomic mass is 16.5. The molecule has 7 heteroatoms. The van der Waals surface area contributed by atoms with Crippen LogP contribution in [0, 0.1) is 5.92 Å². The van der Waals surface area contributed by atoms with Crippen LogP contribution in [0.3, 0.4) is 0 Å². The van der Waals surface area contributed by atoms with Crippen LogP contribution in [-0.2, 0) is 20.7 Å². The number of hydrogen-bond acceptors (Lipinski definition) is 4. The third-order valence-electron chi connectivity index (χ3n) is 4.73. The van der Waals surface area contributed by atoms with Crippen LogP contribution >= 0.6 is 0 Å². The standard InChI is InChI=1S/C19H26N2O5/c1-13-3-6-16(18(23)20-9-10-26-2)12-21(13)17(22)11-14-4-7-15(8-5-14)19(24)25/h4-5,7-8,13,16H,3,6,9-12H2,1-2H3,(H,20,23)(H,24,25). The molecular formula is C19H26N2O5. The second kappa shape index (κ2) is 9.33. The summed E-state index contributed by atoms with van der Waals surface area (Å²) in [4.78, 5) is 37.6. The number of rotatable bonds is 7. The number of piperidine rings is 1. The van der Waals surface area contributed by atoms with E-state index in [4.69, 9.17) is 9.84 Å². The summed E-state index contributed by atoms with van der Waals surface area (Å²) in [6, 6.07) is 6.40. The van der Waals surface area contributed by atoms with Crippen LogP contribution < -0.4 is 5.32 Å². The number of carboxylic acids is 1. The van der Waals surface area contributed by atoms with Crippen molar-refractivity contribution >= 4 is 17.8 Å². The molecule has 1 aliphatic heterocycles. The molecule has 2 N–H and O–H groups in total. The van der Waals surface area contributed by atoms with Gasteiger partial charge in [0.05, 0.1) is 24.5 Å². The lowest BCUT2D eigenvalue weighted by Gasteiger charge is -2.37. The van der Waals surface area contributed by atoms with E-state index in [2.05, 4.69) is 5.32 Å².